The van der Waals surface area contributed by atoms with Gasteiger partial charge in [-0.1, -0.05) is 5.10 Å². The normalized spacial score (nSPS) is 23.8. The Hall–Kier alpha value is -1.14. The van der Waals surface area contributed by atoms with Crippen molar-refractivity contribution in [2.45, 2.75) is 38.3 Å². The lowest BCUT2D eigenvalue weighted by Crippen LogP contribution is -2.37. The van der Waals surface area contributed by atoms with Gasteiger partial charge in [0.1, 0.15) is 0 Å². The van der Waals surface area contributed by atoms with E-state index in [9.17, 15) is 0 Å². The minimum Gasteiger partial charge on any atom is -0.407 e. The highest BCUT2D eigenvalue weighted by Crippen LogP contribution is 2.23. The highest BCUT2D eigenvalue weighted by atomic mass is 16.5. The second-order valence-electron chi connectivity index (χ2n) is 5.54. The van der Waals surface area contributed by atoms with Crippen LogP contribution in [0.25, 0.3) is 0 Å². The van der Waals surface area contributed by atoms with Crippen LogP contribution in [0.15, 0.2) is 4.42 Å². The summed E-state index contributed by atoms with van der Waals surface area (Å²) in [5.41, 5.74) is 0. The molecular weight excluding hydrogens is 244 g/mol. The van der Waals surface area contributed by atoms with Gasteiger partial charge in [0, 0.05) is 32.2 Å². The molecular formula is C13H22N4O2. The Kier molecular flexibility index (Phi) is 3.98. The molecule has 6 heteroatoms. The number of rotatable bonds is 6. The summed E-state index contributed by atoms with van der Waals surface area (Å²) >= 11 is 0. The van der Waals surface area contributed by atoms with Gasteiger partial charge >= 0.3 is 6.01 Å². The SMILES string of the molecule is COCC1CCCN(c2nnc(CNC3CC3)o2)C1. The molecule has 0 spiro atoms. The Balaban J connectivity index is 1.54. The van der Waals surface area contributed by atoms with Crippen LogP contribution in [0.5, 0.6) is 0 Å². The van der Waals surface area contributed by atoms with E-state index < -0.39 is 0 Å². The number of nitrogens with zero attached hydrogens (tertiary/aromatic N) is 3. The van der Waals surface area contributed by atoms with E-state index in [0.717, 1.165) is 26.1 Å². The van der Waals surface area contributed by atoms with Crippen molar-refractivity contribution >= 4 is 6.01 Å². The highest BCUT2D eigenvalue weighted by Gasteiger charge is 2.24. The second kappa shape index (κ2) is 5.88. The summed E-state index contributed by atoms with van der Waals surface area (Å²) < 4.78 is 11.0. The summed E-state index contributed by atoms with van der Waals surface area (Å²) in [7, 11) is 1.76. The quantitative estimate of drug-likeness (QED) is 0.834. The molecule has 1 saturated carbocycles. The van der Waals surface area contributed by atoms with Gasteiger partial charge in [0.05, 0.1) is 13.2 Å². The summed E-state index contributed by atoms with van der Waals surface area (Å²) in [6.07, 6.45) is 4.91. The fourth-order valence-corrected chi connectivity index (χ4v) is 2.57. The van der Waals surface area contributed by atoms with E-state index >= 15 is 0 Å². The number of nitrogens with one attached hydrogen (secondary N) is 1. The van der Waals surface area contributed by atoms with Crippen molar-refractivity contribution in [3.8, 4) is 0 Å². The van der Waals surface area contributed by atoms with Crippen molar-refractivity contribution in [1.29, 1.82) is 0 Å². The fourth-order valence-electron chi connectivity index (χ4n) is 2.57. The molecule has 6 nitrogen and oxygen atoms in total. The van der Waals surface area contributed by atoms with Crippen LogP contribution in [0.2, 0.25) is 0 Å². The predicted molar refractivity (Wildman–Crippen MR) is 71.0 cm³/mol. The Morgan fingerprint density at radius 2 is 2.26 bits per heavy atom. The van der Waals surface area contributed by atoms with E-state index in [1.807, 2.05) is 0 Å². The van der Waals surface area contributed by atoms with Crippen molar-refractivity contribution in [3.05, 3.63) is 5.89 Å². The third-order valence-electron chi connectivity index (χ3n) is 3.77. The molecule has 3 rings (SSSR count). The molecule has 1 aromatic heterocycles. The number of ether oxygens (including phenoxy) is 1. The zero-order valence-electron chi connectivity index (χ0n) is 11.5. The maximum atomic E-state index is 5.73. The van der Waals surface area contributed by atoms with E-state index in [4.69, 9.17) is 9.15 Å². The van der Waals surface area contributed by atoms with Crippen molar-refractivity contribution in [1.82, 2.24) is 15.5 Å². The number of anilines is 1. The summed E-state index contributed by atoms with van der Waals surface area (Å²) in [5.74, 6) is 1.26. The van der Waals surface area contributed by atoms with E-state index in [1.165, 1.54) is 19.3 Å². The monoisotopic (exact) mass is 266 g/mol. The highest BCUT2D eigenvalue weighted by molar-refractivity contribution is 5.25. The average molecular weight is 266 g/mol. The molecule has 1 N–H and O–H groups in total. The number of aromatic nitrogens is 2. The molecule has 1 atom stereocenters. The third kappa shape index (κ3) is 3.45. The topological polar surface area (TPSA) is 63.4 Å². The van der Waals surface area contributed by atoms with Crippen molar-refractivity contribution in [3.63, 3.8) is 0 Å². The summed E-state index contributed by atoms with van der Waals surface area (Å²) in [5, 5.41) is 11.7. The molecule has 1 aromatic rings. The summed E-state index contributed by atoms with van der Waals surface area (Å²) in [6, 6.07) is 1.32. The lowest BCUT2D eigenvalue weighted by atomic mass is 9.99. The Morgan fingerprint density at radius 1 is 1.37 bits per heavy atom. The molecule has 2 fully saturated rings. The minimum absolute atomic E-state index is 0.568. The van der Waals surface area contributed by atoms with Gasteiger partial charge in [0.15, 0.2) is 0 Å². The molecule has 2 aliphatic rings. The van der Waals surface area contributed by atoms with Gasteiger partial charge in [-0.15, -0.1) is 5.10 Å². The zero-order valence-corrected chi connectivity index (χ0v) is 11.5. The number of piperidine rings is 1. The number of hydrogen-bond donors (Lipinski definition) is 1. The van der Waals surface area contributed by atoms with Crippen molar-refractivity contribution in [2.75, 3.05) is 31.7 Å². The van der Waals surface area contributed by atoms with Gasteiger partial charge < -0.3 is 19.4 Å². The molecule has 0 bridgehead atoms. The van der Waals surface area contributed by atoms with Crippen LogP contribution < -0.4 is 10.2 Å². The Morgan fingerprint density at radius 3 is 3.05 bits per heavy atom. The molecule has 1 saturated heterocycles. The molecule has 1 aliphatic heterocycles. The van der Waals surface area contributed by atoms with Crippen LogP contribution >= 0.6 is 0 Å². The first kappa shape index (κ1) is 12.9. The van der Waals surface area contributed by atoms with E-state index in [1.54, 1.807) is 7.11 Å². The van der Waals surface area contributed by atoms with Gasteiger partial charge in [-0.25, -0.2) is 0 Å². The second-order valence-corrected chi connectivity index (χ2v) is 5.54. The van der Waals surface area contributed by atoms with E-state index in [2.05, 4.69) is 20.4 Å². The fraction of sp³-hybridized carbons (Fsp3) is 0.846. The van der Waals surface area contributed by atoms with E-state index in [0.29, 0.717) is 30.4 Å². The van der Waals surface area contributed by atoms with Crippen LogP contribution in [0.1, 0.15) is 31.6 Å². The van der Waals surface area contributed by atoms with Crippen LogP contribution in [0, 0.1) is 5.92 Å². The van der Waals surface area contributed by atoms with Crippen molar-refractivity contribution in [2.24, 2.45) is 5.92 Å². The minimum atomic E-state index is 0.568. The van der Waals surface area contributed by atoms with Crippen LogP contribution in [-0.4, -0.2) is 43.0 Å². The van der Waals surface area contributed by atoms with Gasteiger partial charge in [0.2, 0.25) is 5.89 Å². The molecule has 0 radical (unpaired) electrons. The standard InChI is InChI=1S/C13H22N4O2/c1-18-9-10-3-2-6-17(8-10)13-16-15-12(19-13)7-14-11-4-5-11/h10-11,14H,2-9H2,1H3. The average Bonchev–Trinajstić information content (AvgIpc) is 3.14. The van der Waals surface area contributed by atoms with Crippen LogP contribution in [-0.2, 0) is 11.3 Å². The maximum Gasteiger partial charge on any atom is 0.318 e. The largest absolute Gasteiger partial charge is 0.407 e. The first-order chi connectivity index (χ1) is 9.35. The molecule has 1 unspecified atom stereocenters. The Labute approximate surface area is 113 Å². The van der Waals surface area contributed by atoms with Crippen LogP contribution in [0.4, 0.5) is 6.01 Å². The zero-order chi connectivity index (χ0) is 13.1. The molecule has 2 heterocycles. The Bertz CT molecular complexity index is 403. The van der Waals surface area contributed by atoms with Gasteiger partial charge in [-0.3, -0.25) is 0 Å². The molecule has 0 amide bonds. The lowest BCUT2D eigenvalue weighted by molar-refractivity contribution is 0.142. The molecule has 19 heavy (non-hydrogen) atoms. The van der Waals surface area contributed by atoms with Crippen LogP contribution in [0.3, 0.4) is 0 Å². The lowest BCUT2D eigenvalue weighted by Gasteiger charge is -2.30. The third-order valence-corrected chi connectivity index (χ3v) is 3.77. The number of methoxy groups -OCH3 is 1. The van der Waals surface area contributed by atoms with Crippen molar-refractivity contribution < 1.29 is 9.15 Å². The smallest absolute Gasteiger partial charge is 0.318 e. The number of hydrogen-bond acceptors (Lipinski definition) is 6. The molecule has 0 aromatic carbocycles. The predicted octanol–water partition coefficient (Wildman–Crippen LogP) is 1.18. The van der Waals surface area contributed by atoms with E-state index in [-0.39, 0.29) is 0 Å². The summed E-state index contributed by atoms with van der Waals surface area (Å²) in [4.78, 5) is 2.18. The first-order valence-corrected chi connectivity index (χ1v) is 7.15. The van der Waals surface area contributed by atoms with Gasteiger partial charge in [0.25, 0.3) is 0 Å². The van der Waals surface area contributed by atoms with Gasteiger partial charge in [-0.05, 0) is 25.7 Å². The first-order valence-electron chi connectivity index (χ1n) is 7.15. The maximum absolute atomic E-state index is 5.73. The molecule has 106 valence electrons. The molecule has 1 aliphatic carbocycles. The summed E-state index contributed by atoms with van der Waals surface area (Å²) in [6.45, 7) is 3.44. The van der Waals surface area contributed by atoms with Gasteiger partial charge in [-0.2, -0.15) is 0 Å².